The second kappa shape index (κ2) is 8.31. The quantitative estimate of drug-likeness (QED) is 0.805. The van der Waals surface area contributed by atoms with Crippen LogP contribution in [0.3, 0.4) is 0 Å². The van der Waals surface area contributed by atoms with Crippen LogP contribution in [0, 0.1) is 12.8 Å². The van der Waals surface area contributed by atoms with Crippen molar-refractivity contribution in [2.24, 2.45) is 5.92 Å². The van der Waals surface area contributed by atoms with Gasteiger partial charge in [-0.25, -0.2) is 0 Å². The number of aryl methyl sites for hydroxylation is 1. The van der Waals surface area contributed by atoms with Gasteiger partial charge in [-0.15, -0.1) is 21.5 Å². The Morgan fingerprint density at radius 3 is 2.50 bits per heavy atom. The average Bonchev–Trinajstić information content (AvgIpc) is 3.34. The summed E-state index contributed by atoms with van der Waals surface area (Å²) in [4.78, 5) is 20.0. The zero-order chi connectivity index (χ0) is 17.9. The van der Waals surface area contributed by atoms with Gasteiger partial charge < -0.3 is 4.90 Å². The summed E-state index contributed by atoms with van der Waals surface area (Å²) in [6.45, 7) is 9.34. The van der Waals surface area contributed by atoms with Crippen molar-refractivity contribution < 1.29 is 4.79 Å². The van der Waals surface area contributed by atoms with Gasteiger partial charge in [-0.3, -0.25) is 14.6 Å². The SMILES string of the molecule is Cc1nnc(CN2CCC(N3CCC[C@@H](C(=O)N4CCCC4)C3)CC2)s1. The van der Waals surface area contributed by atoms with Gasteiger partial charge in [0.2, 0.25) is 5.91 Å². The molecule has 4 heterocycles. The maximum atomic E-state index is 12.8. The second-order valence-electron chi connectivity index (χ2n) is 8.09. The normalized spacial score (nSPS) is 26.5. The van der Waals surface area contributed by atoms with Gasteiger partial charge in [-0.2, -0.15) is 0 Å². The van der Waals surface area contributed by atoms with Crippen LogP contribution in [0.1, 0.15) is 48.5 Å². The summed E-state index contributed by atoms with van der Waals surface area (Å²) in [6, 6.07) is 0.650. The van der Waals surface area contributed by atoms with Crippen molar-refractivity contribution in [3.63, 3.8) is 0 Å². The maximum absolute atomic E-state index is 12.8. The lowest BCUT2D eigenvalue weighted by Gasteiger charge is -2.42. The third-order valence-electron chi connectivity index (χ3n) is 6.22. The molecule has 0 bridgehead atoms. The first-order chi connectivity index (χ1) is 12.7. The molecular formula is C19H31N5OS. The molecule has 144 valence electrons. The Morgan fingerprint density at radius 2 is 1.81 bits per heavy atom. The molecule has 26 heavy (non-hydrogen) atoms. The topological polar surface area (TPSA) is 52.6 Å². The van der Waals surface area contributed by atoms with Gasteiger partial charge in [0.25, 0.3) is 0 Å². The van der Waals surface area contributed by atoms with Crippen LogP contribution in [0.5, 0.6) is 0 Å². The smallest absolute Gasteiger partial charge is 0.226 e. The highest BCUT2D eigenvalue weighted by molar-refractivity contribution is 7.11. The van der Waals surface area contributed by atoms with Gasteiger partial charge in [-0.1, -0.05) is 0 Å². The van der Waals surface area contributed by atoms with Crippen LogP contribution in [0.25, 0.3) is 0 Å². The van der Waals surface area contributed by atoms with E-state index in [0.717, 1.165) is 55.7 Å². The minimum atomic E-state index is 0.240. The Labute approximate surface area is 160 Å². The molecule has 0 radical (unpaired) electrons. The predicted octanol–water partition coefficient (Wildman–Crippen LogP) is 2.15. The van der Waals surface area contributed by atoms with Gasteiger partial charge in [0, 0.05) is 38.8 Å². The van der Waals surface area contributed by atoms with Crippen LogP contribution >= 0.6 is 11.3 Å². The largest absolute Gasteiger partial charge is 0.342 e. The van der Waals surface area contributed by atoms with Crippen LogP contribution in [-0.2, 0) is 11.3 Å². The molecule has 1 amide bonds. The van der Waals surface area contributed by atoms with E-state index in [2.05, 4.69) is 24.9 Å². The Bertz CT molecular complexity index is 607. The highest BCUT2D eigenvalue weighted by Gasteiger charge is 2.34. The Balaban J connectivity index is 1.26. The van der Waals surface area contributed by atoms with Crippen molar-refractivity contribution in [3.05, 3.63) is 10.0 Å². The summed E-state index contributed by atoms with van der Waals surface area (Å²) in [6.07, 6.45) is 7.06. The molecule has 0 spiro atoms. The van der Waals surface area contributed by atoms with Crippen molar-refractivity contribution >= 4 is 17.2 Å². The van der Waals surface area contributed by atoms with E-state index in [1.54, 1.807) is 11.3 Å². The summed E-state index contributed by atoms with van der Waals surface area (Å²) >= 11 is 1.71. The highest BCUT2D eigenvalue weighted by atomic mass is 32.1. The lowest BCUT2D eigenvalue weighted by molar-refractivity contribution is -0.136. The van der Waals surface area contributed by atoms with E-state index in [1.165, 1.54) is 38.6 Å². The number of piperidine rings is 2. The fourth-order valence-electron chi connectivity index (χ4n) is 4.77. The number of carbonyl (C=O) groups is 1. The van der Waals surface area contributed by atoms with E-state index >= 15 is 0 Å². The van der Waals surface area contributed by atoms with Crippen LogP contribution < -0.4 is 0 Å². The third-order valence-corrected chi connectivity index (χ3v) is 7.04. The van der Waals surface area contributed by atoms with Crippen LogP contribution in [0.2, 0.25) is 0 Å². The fourth-order valence-corrected chi connectivity index (χ4v) is 5.52. The van der Waals surface area contributed by atoms with Gasteiger partial charge in [-0.05, 0) is 52.0 Å². The second-order valence-corrected chi connectivity index (χ2v) is 9.35. The van der Waals surface area contributed by atoms with E-state index in [9.17, 15) is 4.79 Å². The molecule has 0 unspecified atom stereocenters. The molecule has 0 N–H and O–H groups in total. The summed E-state index contributed by atoms with van der Waals surface area (Å²) < 4.78 is 0. The minimum Gasteiger partial charge on any atom is -0.342 e. The van der Waals surface area contributed by atoms with E-state index in [4.69, 9.17) is 0 Å². The van der Waals surface area contributed by atoms with Gasteiger partial charge in [0.1, 0.15) is 10.0 Å². The number of rotatable bonds is 4. The summed E-state index contributed by atoms with van der Waals surface area (Å²) in [5.74, 6) is 0.667. The van der Waals surface area contributed by atoms with Gasteiger partial charge >= 0.3 is 0 Å². The minimum absolute atomic E-state index is 0.240. The molecule has 1 atom stereocenters. The van der Waals surface area contributed by atoms with Crippen molar-refractivity contribution in [2.45, 2.75) is 58.0 Å². The summed E-state index contributed by atoms with van der Waals surface area (Å²) in [5, 5.41) is 10.6. The van der Waals surface area contributed by atoms with Gasteiger partial charge in [0.15, 0.2) is 0 Å². The number of likely N-dealkylation sites (tertiary alicyclic amines) is 3. The van der Waals surface area contributed by atoms with Crippen molar-refractivity contribution in [3.8, 4) is 0 Å². The first-order valence-corrected chi connectivity index (χ1v) is 11.0. The molecule has 0 aliphatic carbocycles. The average molecular weight is 378 g/mol. The first-order valence-electron chi connectivity index (χ1n) is 10.2. The Hall–Kier alpha value is -1.05. The molecule has 0 saturated carbocycles. The molecule has 3 fully saturated rings. The molecule has 1 aromatic heterocycles. The number of nitrogens with zero attached hydrogens (tertiary/aromatic N) is 5. The van der Waals surface area contributed by atoms with Gasteiger partial charge in [0.05, 0.1) is 12.5 Å². The van der Waals surface area contributed by atoms with E-state index in [-0.39, 0.29) is 5.92 Å². The summed E-state index contributed by atoms with van der Waals surface area (Å²) in [7, 11) is 0. The molecule has 7 heteroatoms. The number of amides is 1. The van der Waals surface area contributed by atoms with Crippen LogP contribution in [0.15, 0.2) is 0 Å². The molecule has 3 saturated heterocycles. The standard InChI is InChI=1S/C19H31N5OS/c1-15-20-21-18(26-15)14-22-11-6-17(7-12-22)24-10-4-5-16(13-24)19(25)23-8-2-3-9-23/h16-17H,2-14H2,1H3/t16-/m1/s1. The van der Waals surface area contributed by atoms with Crippen molar-refractivity contribution in [1.29, 1.82) is 0 Å². The highest BCUT2D eigenvalue weighted by Crippen LogP contribution is 2.26. The van der Waals surface area contributed by atoms with E-state index < -0.39 is 0 Å². The monoisotopic (exact) mass is 377 g/mol. The van der Waals surface area contributed by atoms with E-state index in [1.807, 2.05) is 6.92 Å². The first kappa shape index (κ1) is 18.3. The number of carbonyl (C=O) groups excluding carboxylic acids is 1. The Kier molecular flexibility index (Phi) is 5.86. The molecule has 3 aliphatic heterocycles. The predicted molar refractivity (Wildman–Crippen MR) is 103 cm³/mol. The summed E-state index contributed by atoms with van der Waals surface area (Å²) in [5.41, 5.74) is 0. The number of aromatic nitrogens is 2. The van der Waals surface area contributed by atoms with E-state index in [0.29, 0.717) is 11.9 Å². The lowest BCUT2D eigenvalue weighted by atomic mass is 9.93. The third kappa shape index (κ3) is 4.26. The zero-order valence-corrected chi connectivity index (χ0v) is 16.7. The lowest BCUT2D eigenvalue weighted by Crippen LogP contribution is -2.51. The van der Waals surface area contributed by atoms with Crippen molar-refractivity contribution in [2.75, 3.05) is 39.3 Å². The Morgan fingerprint density at radius 1 is 1.04 bits per heavy atom. The molecule has 0 aromatic carbocycles. The molecule has 6 nitrogen and oxygen atoms in total. The van der Waals surface area contributed by atoms with Crippen LogP contribution in [0.4, 0.5) is 0 Å². The van der Waals surface area contributed by atoms with Crippen molar-refractivity contribution in [1.82, 2.24) is 24.9 Å². The zero-order valence-electron chi connectivity index (χ0n) is 15.9. The molecular weight excluding hydrogens is 346 g/mol. The molecule has 1 aromatic rings. The molecule has 4 rings (SSSR count). The molecule has 3 aliphatic rings. The van der Waals surface area contributed by atoms with Crippen LogP contribution in [-0.4, -0.2) is 76.1 Å². The number of hydrogen-bond donors (Lipinski definition) is 0. The fraction of sp³-hybridized carbons (Fsp3) is 0.842. The maximum Gasteiger partial charge on any atom is 0.226 e. The number of hydrogen-bond acceptors (Lipinski definition) is 6.